The molecule has 438 valence electrons. The van der Waals surface area contributed by atoms with Crippen LogP contribution in [0.1, 0.15) is 217 Å². The summed E-state index contributed by atoms with van der Waals surface area (Å²) in [5.74, 6) is 6.41. The predicted molar refractivity (Wildman–Crippen MR) is 303 cm³/mol. The highest BCUT2D eigenvalue weighted by Crippen LogP contribution is 2.70. The van der Waals surface area contributed by atoms with Gasteiger partial charge in [0.05, 0.1) is 11.1 Å². The van der Waals surface area contributed by atoms with Crippen LogP contribution in [0.4, 0.5) is 0 Å². The van der Waals surface area contributed by atoms with Crippen molar-refractivity contribution in [1.29, 1.82) is 0 Å². The van der Waals surface area contributed by atoms with Crippen molar-refractivity contribution < 1.29 is 57.2 Å². The molecular formula is C68H94O12. The summed E-state index contributed by atoms with van der Waals surface area (Å²) in [6.07, 6.45) is 22.9. The molecular weight excluding hydrogens is 1010 g/mol. The number of carbonyl (C=O) groups excluding carboxylic acids is 6. The Hall–Kier alpha value is -4.74. The summed E-state index contributed by atoms with van der Waals surface area (Å²) in [5, 5.41) is 0. The molecule has 18 atom stereocenters. The Morgan fingerprint density at radius 3 is 1.20 bits per heavy atom. The Labute approximate surface area is 477 Å². The number of rotatable bonds is 17. The first kappa shape index (κ1) is 58.5. The van der Waals surface area contributed by atoms with Crippen LogP contribution >= 0.6 is 0 Å². The zero-order valence-electron chi connectivity index (χ0n) is 49.6. The molecule has 2 aromatic carbocycles. The number of benzene rings is 2. The number of ether oxygens (including phenoxy) is 6. The standard InChI is InChI=1S/C68H94O12/c1-41(55-23-25-57-53-21-15-47-39-51(29-33-65(47,5)59(53)31-35-67(55,57)7)79-63(73)45-11-17-49(18-12-45)77-43(3)69)9-27-61(71)75-37-38-76-62(72)28-10-42(2)56-24-26-58-54-22-16-48-40-52(30-34-66(48,6)60(54)32-36-68(56,58)8)80-64(74)46-13-19-50(20-14-46)78-44(4)70/h11-14,17-20,41-42,47-48,51-60H,9-10,15-16,21-40H2,1-8H3/t41-,42-,47+,48+,51-,52-,53-,54-,55-,56-,57+,58+,59-,60-,65+,66+,67-,68-/m1/s1. The fourth-order valence-corrected chi connectivity index (χ4v) is 20.2. The first-order chi connectivity index (χ1) is 38.2. The molecule has 0 amide bonds. The van der Waals surface area contributed by atoms with E-state index in [0.29, 0.717) is 94.6 Å². The van der Waals surface area contributed by atoms with E-state index < -0.39 is 11.9 Å². The Balaban J connectivity index is 0.611. The molecule has 8 saturated carbocycles. The van der Waals surface area contributed by atoms with Crippen molar-refractivity contribution in [3.05, 3.63) is 59.7 Å². The summed E-state index contributed by atoms with van der Waals surface area (Å²) >= 11 is 0. The molecule has 0 radical (unpaired) electrons. The van der Waals surface area contributed by atoms with Crippen molar-refractivity contribution in [2.75, 3.05) is 13.2 Å². The van der Waals surface area contributed by atoms with Gasteiger partial charge in [0.1, 0.15) is 36.9 Å². The lowest BCUT2D eigenvalue weighted by Crippen LogP contribution is -2.54. The van der Waals surface area contributed by atoms with Gasteiger partial charge in [-0.05, 0) is 270 Å². The highest BCUT2D eigenvalue weighted by atomic mass is 16.6. The van der Waals surface area contributed by atoms with E-state index in [9.17, 15) is 28.8 Å². The number of fused-ring (bicyclic) bond motifs is 10. The summed E-state index contributed by atoms with van der Waals surface area (Å²) in [6, 6.07) is 13.2. The number of hydrogen-bond acceptors (Lipinski definition) is 12. The van der Waals surface area contributed by atoms with Crippen LogP contribution in [-0.4, -0.2) is 61.2 Å². The van der Waals surface area contributed by atoms with E-state index in [1.165, 1.54) is 90.9 Å². The second-order valence-corrected chi connectivity index (χ2v) is 28.1. The summed E-state index contributed by atoms with van der Waals surface area (Å²) in [5.41, 5.74) is 2.03. The van der Waals surface area contributed by atoms with Gasteiger partial charge in [-0.1, -0.05) is 41.5 Å². The lowest BCUT2D eigenvalue weighted by molar-refractivity contribution is -0.153. The van der Waals surface area contributed by atoms with E-state index in [-0.39, 0.29) is 71.0 Å². The molecule has 0 heterocycles. The molecule has 0 spiro atoms. The summed E-state index contributed by atoms with van der Waals surface area (Å²) in [7, 11) is 0. The second-order valence-electron chi connectivity index (χ2n) is 28.1. The van der Waals surface area contributed by atoms with Crippen molar-refractivity contribution in [2.24, 2.45) is 92.7 Å². The molecule has 8 aliphatic rings. The number of carbonyl (C=O) groups is 6. The largest absolute Gasteiger partial charge is 0.462 e. The molecule has 12 nitrogen and oxygen atoms in total. The van der Waals surface area contributed by atoms with Gasteiger partial charge in [-0.2, -0.15) is 0 Å². The molecule has 0 unspecified atom stereocenters. The molecule has 80 heavy (non-hydrogen) atoms. The quantitative estimate of drug-likeness (QED) is 0.0640. The molecule has 8 fully saturated rings. The summed E-state index contributed by atoms with van der Waals surface area (Å²) in [4.78, 5) is 75.1. The third kappa shape index (κ3) is 11.8. The van der Waals surface area contributed by atoms with Gasteiger partial charge in [0.15, 0.2) is 0 Å². The summed E-state index contributed by atoms with van der Waals surface area (Å²) in [6.45, 7) is 17.8. The topological polar surface area (TPSA) is 158 Å². The van der Waals surface area contributed by atoms with Gasteiger partial charge >= 0.3 is 35.8 Å². The SMILES string of the molecule is CC(=O)Oc1ccc(C(=O)O[C@@H]2CC[C@@]3(C)[C@@H](CC[C@H]4[C@H]3CC[C@]3(C)[C@@H]([C@H](C)CCC(=O)OCCOC(=O)CC[C@@H](C)[C@H]5CC[C@H]6[C@H]7CC[C@H]8C[C@H](OC(=O)c9ccc(OC(C)=O)cc9)CC[C@]8(C)[C@@H]7CC[C@]56C)CC[C@@H]43)C2)cc1. The minimum atomic E-state index is -0.393. The predicted octanol–water partition coefficient (Wildman–Crippen LogP) is 14.5. The smallest absolute Gasteiger partial charge is 0.338 e. The number of hydrogen-bond donors (Lipinski definition) is 0. The van der Waals surface area contributed by atoms with Crippen molar-refractivity contribution in [3.8, 4) is 11.5 Å². The third-order valence-corrected chi connectivity index (χ3v) is 24.2. The van der Waals surface area contributed by atoms with Gasteiger partial charge in [-0.25, -0.2) is 9.59 Å². The lowest BCUT2D eigenvalue weighted by Gasteiger charge is -2.61. The molecule has 0 bridgehead atoms. The van der Waals surface area contributed by atoms with Crippen LogP contribution in [0.25, 0.3) is 0 Å². The van der Waals surface area contributed by atoms with E-state index in [4.69, 9.17) is 28.4 Å². The van der Waals surface area contributed by atoms with Gasteiger partial charge in [-0.15, -0.1) is 0 Å². The van der Waals surface area contributed by atoms with Crippen LogP contribution in [0.15, 0.2) is 48.5 Å². The molecule has 8 aliphatic carbocycles. The molecule has 0 N–H and O–H groups in total. The van der Waals surface area contributed by atoms with E-state index >= 15 is 0 Å². The monoisotopic (exact) mass is 1100 g/mol. The van der Waals surface area contributed by atoms with E-state index in [1.807, 2.05) is 0 Å². The maximum Gasteiger partial charge on any atom is 0.338 e. The maximum absolute atomic E-state index is 13.1. The van der Waals surface area contributed by atoms with Crippen molar-refractivity contribution in [2.45, 2.75) is 209 Å². The Kier molecular flexibility index (Phi) is 17.4. The molecule has 2 aromatic rings. The normalized spacial score (nSPS) is 37.5. The van der Waals surface area contributed by atoms with Gasteiger partial charge in [-0.3, -0.25) is 19.2 Å². The van der Waals surface area contributed by atoms with Crippen LogP contribution in [0.3, 0.4) is 0 Å². The van der Waals surface area contributed by atoms with Gasteiger partial charge in [0.2, 0.25) is 0 Å². The fourth-order valence-electron chi connectivity index (χ4n) is 20.2. The first-order valence-electron chi connectivity index (χ1n) is 31.5. The summed E-state index contributed by atoms with van der Waals surface area (Å²) < 4.78 is 33.8. The minimum Gasteiger partial charge on any atom is -0.462 e. The third-order valence-electron chi connectivity index (χ3n) is 24.2. The molecule has 10 rings (SSSR count). The molecule has 12 heteroatoms. The zero-order chi connectivity index (χ0) is 56.7. The zero-order valence-corrected chi connectivity index (χ0v) is 49.6. The maximum atomic E-state index is 13.1. The Morgan fingerprint density at radius 1 is 0.463 bits per heavy atom. The van der Waals surface area contributed by atoms with Gasteiger partial charge in [0.25, 0.3) is 0 Å². The van der Waals surface area contributed by atoms with Crippen LogP contribution in [0, 0.1) is 92.7 Å². The van der Waals surface area contributed by atoms with Gasteiger partial charge in [0, 0.05) is 26.7 Å². The van der Waals surface area contributed by atoms with Crippen LogP contribution in [-0.2, 0) is 38.1 Å². The van der Waals surface area contributed by atoms with E-state index in [1.54, 1.807) is 48.5 Å². The van der Waals surface area contributed by atoms with Crippen LogP contribution in [0.2, 0.25) is 0 Å². The Bertz CT molecular complexity index is 2400. The van der Waals surface area contributed by atoms with Crippen molar-refractivity contribution in [1.82, 2.24) is 0 Å². The average molecular weight is 1100 g/mol. The lowest BCUT2D eigenvalue weighted by atomic mass is 9.44. The van der Waals surface area contributed by atoms with Crippen molar-refractivity contribution in [3.63, 3.8) is 0 Å². The van der Waals surface area contributed by atoms with E-state index in [2.05, 4.69) is 41.5 Å². The molecule has 0 aromatic heterocycles. The van der Waals surface area contributed by atoms with E-state index in [0.717, 1.165) is 63.2 Å². The Morgan fingerprint density at radius 2 is 0.825 bits per heavy atom. The fraction of sp³-hybridized carbons (Fsp3) is 0.735. The van der Waals surface area contributed by atoms with Gasteiger partial charge < -0.3 is 28.4 Å². The average Bonchev–Trinajstić information content (AvgIpc) is 4.18. The van der Waals surface area contributed by atoms with Crippen LogP contribution in [0.5, 0.6) is 11.5 Å². The highest BCUT2D eigenvalue weighted by molar-refractivity contribution is 5.90. The minimum absolute atomic E-state index is 0.0773. The number of esters is 6. The molecule has 0 saturated heterocycles. The molecule has 0 aliphatic heterocycles. The first-order valence-corrected chi connectivity index (χ1v) is 31.5. The van der Waals surface area contributed by atoms with Crippen LogP contribution < -0.4 is 9.47 Å². The second kappa shape index (κ2) is 23.9. The van der Waals surface area contributed by atoms with Crippen molar-refractivity contribution >= 4 is 35.8 Å². The highest BCUT2D eigenvalue weighted by Gasteiger charge is 2.63.